The lowest BCUT2D eigenvalue weighted by molar-refractivity contribution is -0.704. The SMILES string of the molecule is CCCCCCCCCCCCCc1n(CCCCCCCCCCCC)cc[n+]1CCCc1ccccc1. The van der Waals surface area contributed by atoms with Crippen molar-refractivity contribution in [2.45, 2.75) is 181 Å². The van der Waals surface area contributed by atoms with Crippen molar-refractivity contribution in [3.05, 3.63) is 54.1 Å². The molecule has 0 radical (unpaired) electrons. The Bertz CT molecular complexity index is 778. The van der Waals surface area contributed by atoms with Gasteiger partial charge in [-0.1, -0.05) is 160 Å². The van der Waals surface area contributed by atoms with Crippen LogP contribution in [0.4, 0.5) is 0 Å². The fourth-order valence-corrected chi connectivity index (χ4v) is 6.01. The van der Waals surface area contributed by atoms with E-state index in [1.165, 1.54) is 166 Å². The van der Waals surface area contributed by atoms with E-state index in [0.29, 0.717) is 0 Å². The Hall–Kier alpha value is -1.57. The minimum absolute atomic E-state index is 1.15. The van der Waals surface area contributed by atoms with Gasteiger partial charge in [0.25, 0.3) is 5.82 Å². The minimum Gasteiger partial charge on any atom is -0.234 e. The number of hydrogen-bond donors (Lipinski definition) is 0. The van der Waals surface area contributed by atoms with Crippen molar-refractivity contribution in [2.75, 3.05) is 0 Å². The highest BCUT2D eigenvalue weighted by Crippen LogP contribution is 2.14. The number of rotatable bonds is 27. The first-order valence-electron chi connectivity index (χ1n) is 17.5. The molecule has 0 saturated heterocycles. The summed E-state index contributed by atoms with van der Waals surface area (Å²) in [5.74, 6) is 1.58. The average molecular weight is 538 g/mol. The van der Waals surface area contributed by atoms with E-state index in [-0.39, 0.29) is 0 Å². The highest BCUT2D eigenvalue weighted by molar-refractivity contribution is 5.14. The van der Waals surface area contributed by atoms with Gasteiger partial charge in [-0.05, 0) is 37.7 Å². The van der Waals surface area contributed by atoms with Gasteiger partial charge in [-0.3, -0.25) is 0 Å². The average Bonchev–Trinajstić information content (AvgIpc) is 3.34. The predicted octanol–water partition coefficient (Wildman–Crippen LogP) is 11.2. The quantitative estimate of drug-likeness (QED) is 0.0791. The molecule has 1 aromatic carbocycles. The lowest BCUT2D eigenvalue weighted by atomic mass is 10.1. The summed E-state index contributed by atoms with van der Waals surface area (Å²) in [6.07, 6.45) is 38.1. The lowest BCUT2D eigenvalue weighted by Gasteiger charge is -2.07. The molecule has 2 heteroatoms. The van der Waals surface area contributed by atoms with Crippen LogP contribution < -0.4 is 4.57 Å². The Morgan fingerprint density at radius 3 is 1.54 bits per heavy atom. The molecule has 0 amide bonds. The standard InChI is InChI=1S/C37H65N2/c1-3-5-7-9-11-13-15-16-18-20-25-31-37-38(32-26-21-19-17-14-12-10-8-6-4-2)34-35-39(37)33-27-30-36-28-23-22-24-29-36/h22-24,28-29,34-35H,3-21,25-27,30-33H2,1-2H3/q+1. The highest BCUT2D eigenvalue weighted by Gasteiger charge is 2.16. The Labute approximate surface area is 244 Å². The molecule has 2 rings (SSSR count). The molecule has 0 spiro atoms. The van der Waals surface area contributed by atoms with E-state index < -0.39 is 0 Å². The third-order valence-electron chi connectivity index (χ3n) is 8.55. The molecule has 2 nitrogen and oxygen atoms in total. The van der Waals surface area contributed by atoms with Gasteiger partial charge in [-0.15, -0.1) is 0 Å². The molecule has 1 heterocycles. The summed E-state index contributed by atoms with van der Waals surface area (Å²) in [7, 11) is 0. The molecule has 0 aliphatic carbocycles. The largest absolute Gasteiger partial charge is 0.256 e. The molecule has 0 fully saturated rings. The maximum Gasteiger partial charge on any atom is 0.256 e. The van der Waals surface area contributed by atoms with E-state index in [1.807, 2.05) is 0 Å². The van der Waals surface area contributed by atoms with E-state index in [1.54, 1.807) is 5.82 Å². The summed E-state index contributed by atoms with van der Waals surface area (Å²) < 4.78 is 5.18. The summed E-state index contributed by atoms with van der Waals surface area (Å²) in [6, 6.07) is 11.0. The normalized spacial score (nSPS) is 11.4. The van der Waals surface area contributed by atoms with Crippen molar-refractivity contribution in [3.63, 3.8) is 0 Å². The van der Waals surface area contributed by atoms with Crippen LogP contribution in [-0.2, 0) is 25.9 Å². The first-order chi connectivity index (χ1) is 19.3. The van der Waals surface area contributed by atoms with Crippen molar-refractivity contribution in [3.8, 4) is 0 Å². The van der Waals surface area contributed by atoms with Crippen LogP contribution in [0.15, 0.2) is 42.7 Å². The zero-order chi connectivity index (χ0) is 27.6. The van der Waals surface area contributed by atoms with Crippen LogP contribution in [0.5, 0.6) is 0 Å². The summed E-state index contributed by atoms with van der Waals surface area (Å²) in [5, 5.41) is 0. The van der Waals surface area contributed by atoms with Gasteiger partial charge in [0.2, 0.25) is 0 Å². The zero-order valence-corrected chi connectivity index (χ0v) is 26.3. The molecular weight excluding hydrogens is 472 g/mol. The molecule has 0 unspecified atom stereocenters. The number of hydrogen-bond acceptors (Lipinski definition) is 0. The molecule has 0 saturated carbocycles. The number of aryl methyl sites for hydroxylation is 3. The van der Waals surface area contributed by atoms with Gasteiger partial charge in [0.15, 0.2) is 0 Å². The van der Waals surface area contributed by atoms with Gasteiger partial charge < -0.3 is 0 Å². The number of nitrogens with zero attached hydrogens (tertiary/aromatic N) is 2. The van der Waals surface area contributed by atoms with Crippen LogP contribution in [0.1, 0.15) is 166 Å². The lowest BCUT2D eigenvalue weighted by Crippen LogP contribution is -2.37. The molecule has 1 aromatic heterocycles. The van der Waals surface area contributed by atoms with Crippen LogP contribution in [0.2, 0.25) is 0 Å². The second-order valence-electron chi connectivity index (χ2n) is 12.2. The van der Waals surface area contributed by atoms with Gasteiger partial charge in [-0.2, -0.15) is 0 Å². The van der Waals surface area contributed by atoms with E-state index in [0.717, 1.165) is 6.54 Å². The smallest absolute Gasteiger partial charge is 0.234 e. The Balaban J connectivity index is 1.69. The van der Waals surface area contributed by atoms with Crippen molar-refractivity contribution in [1.82, 2.24) is 4.57 Å². The van der Waals surface area contributed by atoms with E-state index in [2.05, 4.69) is 65.7 Å². The molecule has 0 atom stereocenters. The maximum absolute atomic E-state index is 2.60. The summed E-state index contributed by atoms with van der Waals surface area (Å²) >= 11 is 0. The third kappa shape index (κ3) is 17.0. The fraction of sp³-hybridized carbons (Fsp3) is 0.757. The Morgan fingerprint density at radius 1 is 0.513 bits per heavy atom. The van der Waals surface area contributed by atoms with Crippen LogP contribution in [-0.4, -0.2) is 4.57 Å². The monoisotopic (exact) mass is 538 g/mol. The predicted molar refractivity (Wildman–Crippen MR) is 171 cm³/mol. The van der Waals surface area contributed by atoms with E-state index >= 15 is 0 Å². The summed E-state index contributed by atoms with van der Waals surface area (Å²) in [4.78, 5) is 0. The minimum atomic E-state index is 1.15. The second kappa shape index (κ2) is 24.2. The van der Waals surface area contributed by atoms with Crippen molar-refractivity contribution >= 4 is 0 Å². The summed E-state index contributed by atoms with van der Waals surface area (Å²) in [5.41, 5.74) is 1.47. The number of unbranched alkanes of at least 4 members (excludes halogenated alkanes) is 19. The van der Waals surface area contributed by atoms with Crippen molar-refractivity contribution < 1.29 is 4.57 Å². The number of imidazole rings is 1. The van der Waals surface area contributed by atoms with Crippen molar-refractivity contribution in [2.24, 2.45) is 0 Å². The number of aromatic nitrogens is 2. The van der Waals surface area contributed by atoms with Gasteiger partial charge in [0.05, 0.1) is 13.1 Å². The maximum atomic E-state index is 2.60. The van der Waals surface area contributed by atoms with E-state index in [4.69, 9.17) is 0 Å². The van der Waals surface area contributed by atoms with Crippen molar-refractivity contribution in [1.29, 1.82) is 0 Å². The van der Waals surface area contributed by atoms with Crippen LogP contribution >= 0.6 is 0 Å². The molecule has 0 N–H and O–H groups in total. The fourth-order valence-electron chi connectivity index (χ4n) is 6.01. The van der Waals surface area contributed by atoms with Crippen LogP contribution in [0.3, 0.4) is 0 Å². The zero-order valence-electron chi connectivity index (χ0n) is 26.3. The molecule has 0 bridgehead atoms. The summed E-state index contributed by atoms with van der Waals surface area (Å²) in [6.45, 7) is 6.96. The van der Waals surface area contributed by atoms with Crippen LogP contribution in [0.25, 0.3) is 0 Å². The third-order valence-corrected chi connectivity index (χ3v) is 8.55. The van der Waals surface area contributed by atoms with Gasteiger partial charge >= 0.3 is 0 Å². The number of benzene rings is 1. The van der Waals surface area contributed by atoms with Gasteiger partial charge in [0.1, 0.15) is 12.4 Å². The first-order valence-corrected chi connectivity index (χ1v) is 17.5. The Kier molecular flexibility index (Phi) is 20.9. The topological polar surface area (TPSA) is 8.81 Å². The van der Waals surface area contributed by atoms with Gasteiger partial charge in [-0.25, -0.2) is 9.13 Å². The van der Waals surface area contributed by atoms with E-state index in [9.17, 15) is 0 Å². The van der Waals surface area contributed by atoms with Crippen LogP contribution in [0, 0.1) is 0 Å². The highest BCUT2D eigenvalue weighted by atomic mass is 15.1. The molecule has 2 aromatic rings. The first kappa shape index (κ1) is 33.6. The molecule has 0 aliphatic heterocycles. The molecular formula is C37H65N2+. The second-order valence-corrected chi connectivity index (χ2v) is 12.2. The Morgan fingerprint density at radius 2 is 1.00 bits per heavy atom. The van der Waals surface area contributed by atoms with Gasteiger partial charge in [0, 0.05) is 6.42 Å². The molecule has 39 heavy (non-hydrogen) atoms. The molecule has 222 valence electrons. The molecule has 0 aliphatic rings.